The van der Waals surface area contributed by atoms with Crippen molar-refractivity contribution in [2.75, 3.05) is 13.2 Å². The lowest BCUT2D eigenvalue weighted by Crippen LogP contribution is -2.66. The summed E-state index contributed by atoms with van der Waals surface area (Å²) in [6, 6.07) is 43.7. The fraction of sp³-hybridized carbons (Fsp3) is 0.295. The number of halogens is 1. The summed E-state index contributed by atoms with van der Waals surface area (Å²) in [5.74, 6) is -0.625. The van der Waals surface area contributed by atoms with Crippen LogP contribution in [0.15, 0.2) is 133 Å². The van der Waals surface area contributed by atoms with Gasteiger partial charge < -0.3 is 33.2 Å². The Morgan fingerprint density at radius 2 is 1.29 bits per heavy atom. The number of hydrogen-bond donors (Lipinski definition) is 0. The van der Waals surface area contributed by atoms with Gasteiger partial charge in [-0.3, -0.25) is 0 Å². The maximum absolute atomic E-state index is 12.5. The average Bonchev–Trinajstić information content (AvgIpc) is 3.53. The van der Waals surface area contributed by atoms with E-state index in [0.717, 1.165) is 45.4 Å². The van der Waals surface area contributed by atoms with Crippen LogP contribution in [0.25, 0.3) is 0 Å². The fourth-order valence-electron chi connectivity index (χ4n) is 7.14. The van der Waals surface area contributed by atoms with Crippen molar-refractivity contribution in [1.82, 2.24) is 0 Å². The second-order valence-corrected chi connectivity index (χ2v) is 13.7. The van der Waals surface area contributed by atoms with E-state index >= 15 is 0 Å². The first-order valence-corrected chi connectivity index (χ1v) is 18.1. The van der Waals surface area contributed by atoms with Crippen molar-refractivity contribution >= 4 is 17.9 Å². The van der Waals surface area contributed by atoms with Crippen LogP contribution in [0.2, 0.25) is 5.02 Å². The maximum atomic E-state index is 12.5. The highest BCUT2D eigenvalue weighted by Gasteiger charge is 2.69. The van der Waals surface area contributed by atoms with Gasteiger partial charge in [-0.1, -0.05) is 121 Å². The molecule has 5 aromatic carbocycles. The zero-order valence-electron chi connectivity index (χ0n) is 29.2. The molecule has 5 atom stereocenters. The normalized spacial score (nSPS) is 23.7. The van der Waals surface area contributed by atoms with Crippen LogP contribution >= 0.6 is 11.6 Å². The van der Waals surface area contributed by atoms with E-state index in [9.17, 15) is 4.79 Å². The molecule has 2 heterocycles. The molecular formula is C44H43ClO7. The van der Waals surface area contributed by atoms with Crippen molar-refractivity contribution in [3.63, 3.8) is 0 Å². The number of rotatable bonds is 16. The molecule has 2 fully saturated rings. The molecule has 268 valence electrons. The zero-order chi connectivity index (χ0) is 35.8. The van der Waals surface area contributed by atoms with Crippen molar-refractivity contribution < 1.29 is 33.2 Å². The van der Waals surface area contributed by atoms with E-state index in [1.165, 1.54) is 0 Å². The predicted octanol–water partition coefficient (Wildman–Crippen LogP) is 8.63. The van der Waals surface area contributed by atoms with Gasteiger partial charge >= 0.3 is 0 Å². The van der Waals surface area contributed by atoms with E-state index in [4.69, 9.17) is 40.0 Å². The van der Waals surface area contributed by atoms with Crippen molar-refractivity contribution in [3.8, 4) is 5.75 Å². The molecule has 2 bridgehead atoms. The Kier molecular flexibility index (Phi) is 11.5. The first-order valence-electron chi connectivity index (χ1n) is 17.8. The Labute approximate surface area is 310 Å². The summed E-state index contributed by atoms with van der Waals surface area (Å²) in [4.78, 5) is 12.5. The SMILES string of the molecule is CCOc1ccc(Cc2cc([C@]34OC[C@](CC=O)(O3)[C@@H](OCc3ccccc3)C(OCc3ccccc3)[C@H]4OCc3ccccc3)ccc2Cl)cc1. The predicted molar refractivity (Wildman–Crippen MR) is 199 cm³/mol. The van der Waals surface area contributed by atoms with Crippen molar-refractivity contribution in [2.24, 2.45) is 0 Å². The summed E-state index contributed by atoms with van der Waals surface area (Å²) in [5, 5.41) is 0.615. The minimum atomic E-state index is -1.44. The molecule has 5 aromatic rings. The van der Waals surface area contributed by atoms with Gasteiger partial charge in [-0.15, -0.1) is 0 Å². The molecular weight excluding hydrogens is 676 g/mol. The number of fused-ring (bicyclic) bond motifs is 2. The van der Waals surface area contributed by atoms with Crippen LogP contribution < -0.4 is 4.74 Å². The summed E-state index contributed by atoms with van der Waals surface area (Å²) in [6.45, 7) is 3.50. The second-order valence-electron chi connectivity index (χ2n) is 13.2. The van der Waals surface area contributed by atoms with E-state index in [1.807, 2.05) is 140 Å². The number of aldehydes is 1. The van der Waals surface area contributed by atoms with E-state index in [2.05, 4.69) is 0 Å². The van der Waals surface area contributed by atoms with Gasteiger partial charge in [-0.2, -0.15) is 0 Å². The van der Waals surface area contributed by atoms with Crippen LogP contribution in [0.4, 0.5) is 0 Å². The van der Waals surface area contributed by atoms with Crippen LogP contribution in [-0.2, 0) is 60.5 Å². The standard InChI is InChI=1S/C44H43ClO7/c1-2-47-38-21-18-32(19-22-38)26-36-27-37(20-23-39(36)45)44-42(50-30-35-16-10-5-11-17-35)40(48-28-33-12-6-3-7-13-33)41(43(52-44,24-25-46)31-51-44)49-29-34-14-8-4-9-15-34/h3-23,25,27,40-42H,2,24,26,28-31H2,1H3/t40?,41-,42+,43-,44-/m0/s1. The molecule has 7 rings (SSSR count). The third kappa shape index (κ3) is 7.86. The zero-order valence-corrected chi connectivity index (χ0v) is 30.0. The number of ether oxygens (including phenoxy) is 6. The topological polar surface area (TPSA) is 72.5 Å². The highest BCUT2D eigenvalue weighted by molar-refractivity contribution is 6.31. The Morgan fingerprint density at radius 3 is 1.87 bits per heavy atom. The van der Waals surface area contributed by atoms with Gasteiger partial charge in [0.05, 0.1) is 33.0 Å². The first kappa shape index (κ1) is 36.0. The summed E-state index contributed by atoms with van der Waals surface area (Å²) >= 11 is 6.86. The number of benzene rings is 5. The molecule has 0 radical (unpaired) electrons. The van der Waals surface area contributed by atoms with Crippen LogP contribution in [-0.4, -0.2) is 43.4 Å². The van der Waals surface area contributed by atoms with Gasteiger partial charge in [-0.25, -0.2) is 0 Å². The molecule has 0 saturated carbocycles. The minimum Gasteiger partial charge on any atom is -0.494 e. The summed E-state index contributed by atoms with van der Waals surface area (Å²) in [7, 11) is 0. The number of hydrogen-bond acceptors (Lipinski definition) is 7. The molecule has 52 heavy (non-hydrogen) atoms. The van der Waals surface area contributed by atoms with Crippen LogP contribution in [0, 0.1) is 0 Å². The van der Waals surface area contributed by atoms with Crippen molar-refractivity contribution in [2.45, 2.75) is 69.3 Å². The summed E-state index contributed by atoms with van der Waals surface area (Å²) < 4.78 is 40.2. The maximum Gasteiger partial charge on any atom is 0.225 e. The Morgan fingerprint density at radius 1 is 0.712 bits per heavy atom. The number of carbonyl (C=O) groups is 1. The molecule has 0 spiro atoms. The first-order chi connectivity index (χ1) is 25.5. The van der Waals surface area contributed by atoms with E-state index < -0.39 is 29.7 Å². The molecule has 8 heteroatoms. The molecule has 2 saturated heterocycles. The number of carbonyl (C=O) groups excluding carboxylic acids is 1. The van der Waals surface area contributed by atoms with Crippen LogP contribution in [0.1, 0.15) is 46.7 Å². The quantitative estimate of drug-likeness (QED) is 0.0947. The molecule has 2 aliphatic rings. The van der Waals surface area contributed by atoms with Crippen LogP contribution in [0.5, 0.6) is 5.75 Å². The van der Waals surface area contributed by atoms with Gasteiger partial charge in [0.15, 0.2) is 0 Å². The molecule has 2 aliphatic heterocycles. The van der Waals surface area contributed by atoms with E-state index in [0.29, 0.717) is 24.7 Å². The second kappa shape index (κ2) is 16.6. The van der Waals surface area contributed by atoms with E-state index in [-0.39, 0.29) is 26.2 Å². The molecule has 0 aliphatic carbocycles. The molecule has 7 nitrogen and oxygen atoms in total. The van der Waals surface area contributed by atoms with Gasteiger partial charge in [0.25, 0.3) is 0 Å². The molecule has 0 aromatic heterocycles. The minimum absolute atomic E-state index is 0.0391. The van der Waals surface area contributed by atoms with Gasteiger partial charge in [0, 0.05) is 17.0 Å². The summed E-state index contributed by atoms with van der Waals surface area (Å²) in [6.07, 6.45) is -0.739. The average molecular weight is 719 g/mol. The Balaban J connectivity index is 1.30. The monoisotopic (exact) mass is 718 g/mol. The van der Waals surface area contributed by atoms with Crippen molar-refractivity contribution in [1.29, 1.82) is 0 Å². The molecule has 0 N–H and O–H groups in total. The van der Waals surface area contributed by atoms with Crippen LogP contribution in [0.3, 0.4) is 0 Å². The highest BCUT2D eigenvalue weighted by Crippen LogP contribution is 2.54. The lowest BCUT2D eigenvalue weighted by molar-refractivity contribution is -0.349. The molecule has 0 amide bonds. The lowest BCUT2D eigenvalue weighted by atomic mass is 9.81. The Bertz CT molecular complexity index is 1890. The molecule has 1 unspecified atom stereocenters. The van der Waals surface area contributed by atoms with Gasteiger partial charge in [0.1, 0.15) is 35.9 Å². The third-order valence-electron chi connectivity index (χ3n) is 9.71. The lowest BCUT2D eigenvalue weighted by Gasteiger charge is -2.50. The van der Waals surface area contributed by atoms with Crippen molar-refractivity contribution in [3.05, 3.63) is 172 Å². The highest BCUT2D eigenvalue weighted by atomic mass is 35.5. The fourth-order valence-corrected chi connectivity index (χ4v) is 7.32. The van der Waals surface area contributed by atoms with Gasteiger partial charge in [-0.05, 0) is 65.4 Å². The van der Waals surface area contributed by atoms with Gasteiger partial charge in [0.2, 0.25) is 5.79 Å². The third-order valence-corrected chi connectivity index (χ3v) is 10.1. The largest absolute Gasteiger partial charge is 0.494 e. The smallest absolute Gasteiger partial charge is 0.225 e. The summed E-state index contributed by atoms with van der Waals surface area (Å²) in [5.41, 5.74) is 4.49. The van der Waals surface area contributed by atoms with E-state index in [1.54, 1.807) is 0 Å². The Hall–Kier alpha value is -4.34.